The summed E-state index contributed by atoms with van der Waals surface area (Å²) in [5, 5.41) is 0. The molecule has 2 heteroatoms. The number of nitrogens with zero attached hydrogens (tertiary/aromatic N) is 1. The maximum absolute atomic E-state index is 5.73. The third-order valence-electron chi connectivity index (χ3n) is 4.17. The van der Waals surface area contributed by atoms with Crippen molar-refractivity contribution in [3.63, 3.8) is 0 Å². The average molecular weight is 226 g/mol. The van der Waals surface area contributed by atoms with Crippen molar-refractivity contribution in [1.82, 2.24) is 4.90 Å². The Morgan fingerprint density at radius 2 is 1.94 bits per heavy atom. The lowest BCUT2D eigenvalue weighted by Gasteiger charge is -2.26. The second-order valence-corrected chi connectivity index (χ2v) is 6.38. The van der Waals surface area contributed by atoms with Gasteiger partial charge in [-0.2, -0.15) is 0 Å². The maximum atomic E-state index is 5.73. The van der Waals surface area contributed by atoms with Gasteiger partial charge in [0.1, 0.15) is 0 Å². The van der Waals surface area contributed by atoms with Gasteiger partial charge in [-0.1, -0.05) is 20.3 Å². The van der Waals surface area contributed by atoms with Crippen LogP contribution in [-0.2, 0) is 0 Å². The second kappa shape index (κ2) is 6.02. The van der Waals surface area contributed by atoms with Gasteiger partial charge in [0.15, 0.2) is 0 Å². The van der Waals surface area contributed by atoms with Crippen LogP contribution in [0.25, 0.3) is 0 Å². The van der Waals surface area contributed by atoms with Crippen LogP contribution in [0.5, 0.6) is 0 Å². The molecule has 0 bridgehead atoms. The van der Waals surface area contributed by atoms with E-state index in [4.69, 9.17) is 5.73 Å². The van der Waals surface area contributed by atoms with E-state index in [2.05, 4.69) is 32.7 Å². The summed E-state index contributed by atoms with van der Waals surface area (Å²) < 4.78 is 0. The van der Waals surface area contributed by atoms with Gasteiger partial charge in [0, 0.05) is 6.04 Å². The average Bonchev–Trinajstić information content (AvgIpc) is 3.06. The fraction of sp³-hybridized carbons (Fsp3) is 1.00. The highest BCUT2D eigenvalue weighted by Gasteiger charge is 2.30. The van der Waals surface area contributed by atoms with E-state index in [1.165, 1.54) is 38.6 Å². The number of nitrogens with two attached hydrogens (primary N) is 1. The third-order valence-corrected chi connectivity index (χ3v) is 4.17. The highest BCUT2D eigenvalue weighted by atomic mass is 15.1. The molecule has 1 aliphatic rings. The van der Waals surface area contributed by atoms with Crippen LogP contribution in [0.1, 0.15) is 52.9 Å². The van der Waals surface area contributed by atoms with Gasteiger partial charge in [-0.15, -0.1) is 0 Å². The Morgan fingerprint density at radius 1 is 1.31 bits per heavy atom. The lowest BCUT2D eigenvalue weighted by atomic mass is 9.87. The van der Waals surface area contributed by atoms with Crippen LogP contribution in [0.4, 0.5) is 0 Å². The van der Waals surface area contributed by atoms with Crippen LogP contribution in [0.15, 0.2) is 0 Å². The largest absolute Gasteiger partial charge is 0.330 e. The lowest BCUT2D eigenvalue weighted by molar-refractivity contribution is 0.223. The third kappa shape index (κ3) is 4.84. The Morgan fingerprint density at radius 3 is 2.44 bits per heavy atom. The fourth-order valence-corrected chi connectivity index (χ4v) is 2.21. The topological polar surface area (TPSA) is 29.3 Å². The number of hydrogen-bond acceptors (Lipinski definition) is 2. The van der Waals surface area contributed by atoms with Crippen molar-refractivity contribution < 1.29 is 0 Å². The van der Waals surface area contributed by atoms with Crippen LogP contribution < -0.4 is 5.73 Å². The first-order valence-electron chi connectivity index (χ1n) is 6.86. The fourth-order valence-electron chi connectivity index (χ4n) is 2.21. The summed E-state index contributed by atoms with van der Waals surface area (Å²) in [5.41, 5.74) is 6.07. The van der Waals surface area contributed by atoms with E-state index in [0.29, 0.717) is 5.41 Å². The van der Waals surface area contributed by atoms with Gasteiger partial charge < -0.3 is 10.6 Å². The van der Waals surface area contributed by atoms with Crippen LogP contribution >= 0.6 is 0 Å². The predicted octanol–water partition coefficient (Wildman–Crippen LogP) is 2.87. The minimum atomic E-state index is 0.334. The summed E-state index contributed by atoms with van der Waals surface area (Å²) in [5.74, 6) is 0.991. The molecule has 1 fully saturated rings. The molecule has 0 aliphatic heterocycles. The summed E-state index contributed by atoms with van der Waals surface area (Å²) >= 11 is 0. The molecule has 2 nitrogen and oxygen atoms in total. The van der Waals surface area contributed by atoms with Crippen molar-refractivity contribution in [1.29, 1.82) is 0 Å². The molecule has 16 heavy (non-hydrogen) atoms. The zero-order chi connectivity index (χ0) is 12.2. The molecule has 1 saturated carbocycles. The Kier molecular flexibility index (Phi) is 5.26. The van der Waals surface area contributed by atoms with Crippen molar-refractivity contribution in [2.75, 3.05) is 20.1 Å². The smallest absolute Gasteiger partial charge is 0.00921 e. The standard InChI is InChI=1S/C14H30N2/c1-12(13-7-8-13)16(4)10-6-5-9-14(2,3)11-15/h12-13H,5-11,15H2,1-4H3. The van der Waals surface area contributed by atoms with E-state index in [-0.39, 0.29) is 0 Å². The normalized spacial score (nSPS) is 19.1. The number of unbranched alkanes of at least 4 members (excludes halogenated alkanes) is 1. The van der Waals surface area contributed by atoms with Gasteiger partial charge in [-0.05, 0) is 64.1 Å². The molecule has 2 N–H and O–H groups in total. The molecule has 0 amide bonds. The van der Waals surface area contributed by atoms with Crippen molar-refractivity contribution >= 4 is 0 Å². The summed E-state index contributed by atoms with van der Waals surface area (Å²) in [4.78, 5) is 2.53. The van der Waals surface area contributed by atoms with E-state index < -0.39 is 0 Å². The first-order valence-corrected chi connectivity index (χ1v) is 6.86. The van der Waals surface area contributed by atoms with Crippen molar-refractivity contribution in [3.8, 4) is 0 Å². The SMILES string of the molecule is CC(C1CC1)N(C)CCCCC(C)(C)CN. The molecule has 96 valence electrons. The zero-order valence-electron chi connectivity index (χ0n) is 11.6. The minimum Gasteiger partial charge on any atom is -0.330 e. The van der Waals surface area contributed by atoms with Crippen molar-refractivity contribution in [2.24, 2.45) is 17.1 Å². The van der Waals surface area contributed by atoms with Crippen LogP contribution in [0.3, 0.4) is 0 Å². The van der Waals surface area contributed by atoms with E-state index in [1.807, 2.05) is 0 Å². The second-order valence-electron chi connectivity index (χ2n) is 6.38. The van der Waals surface area contributed by atoms with Gasteiger partial charge in [-0.25, -0.2) is 0 Å². The van der Waals surface area contributed by atoms with E-state index in [9.17, 15) is 0 Å². The van der Waals surface area contributed by atoms with Gasteiger partial charge in [0.05, 0.1) is 0 Å². The molecule has 0 aromatic carbocycles. The molecular formula is C14H30N2. The summed E-state index contributed by atoms with van der Waals surface area (Å²) in [6.45, 7) is 8.97. The first-order chi connectivity index (χ1) is 7.46. The maximum Gasteiger partial charge on any atom is 0.00921 e. The van der Waals surface area contributed by atoms with Crippen LogP contribution in [0.2, 0.25) is 0 Å². The first kappa shape index (κ1) is 14.0. The molecule has 1 rings (SSSR count). The Balaban J connectivity index is 2.06. The molecule has 0 spiro atoms. The van der Waals surface area contributed by atoms with E-state index >= 15 is 0 Å². The lowest BCUT2D eigenvalue weighted by Crippen LogP contribution is -2.32. The number of hydrogen-bond donors (Lipinski definition) is 1. The van der Waals surface area contributed by atoms with Gasteiger partial charge >= 0.3 is 0 Å². The van der Waals surface area contributed by atoms with Crippen molar-refractivity contribution in [3.05, 3.63) is 0 Å². The Hall–Kier alpha value is -0.0800. The molecule has 0 aromatic heterocycles. The molecule has 1 aliphatic carbocycles. The molecular weight excluding hydrogens is 196 g/mol. The monoisotopic (exact) mass is 226 g/mol. The molecule has 0 radical (unpaired) electrons. The highest BCUT2D eigenvalue weighted by molar-refractivity contribution is 4.84. The summed E-state index contributed by atoms with van der Waals surface area (Å²) in [6.07, 6.45) is 6.79. The van der Waals surface area contributed by atoms with Gasteiger partial charge in [-0.3, -0.25) is 0 Å². The summed E-state index contributed by atoms with van der Waals surface area (Å²) in [7, 11) is 2.27. The zero-order valence-corrected chi connectivity index (χ0v) is 11.6. The molecule has 0 heterocycles. The van der Waals surface area contributed by atoms with Crippen LogP contribution in [-0.4, -0.2) is 31.1 Å². The molecule has 0 aromatic rings. The molecule has 1 atom stereocenters. The van der Waals surface area contributed by atoms with E-state index in [1.54, 1.807) is 0 Å². The van der Waals surface area contributed by atoms with Crippen LogP contribution in [0, 0.1) is 11.3 Å². The highest BCUT2D eigenvalue weighted by Crippen LogP contribution is 2.34. The van der Waals surface area contributed by atoms with Gasteiger partial charge in [0.2, 0.25) is 0 Å². The minimum absolute atomic E-state index is 0.334. The predicted molar refractivity (Wildman–Crippen MR) is 71.5 cm³/mol. The van der Waals surface area contributed by atoms with Gasteiger partial charge in [0.25, 0.3) is 0 Å². The summed E-state index contributed by atoms with van der Waals surface area (Å²) in [6, 6.07) is 0.794. The quantitative estimate of drug-likeness (QED) is 0.645. The van der Waals surface area contributed by atoms with Crippen molar-refractivity contribution in [2.45, 2.75) is 58.9 Å². The molecule has 0 saturated heterocycles. The number of rotatable bonds is 8. The Bertz CT molecular complexity index is 197. The van der Waals surface area contributed by atoms with E-state index in [0.717, 1.165) is 18.5 Å². The molecule has 1 unspecified atom stereocenters. The Labute approximate surface area is 102 Å².